The molecular formula is C11H12ClN3S. The molecule has 0 radical (unpaired) electrons. The van der Waals surface area contributed by atoms with E-state index in [1.165, 1.54) is 10.1 Å². The fourth-order valence-corrected chi connectivity index (χ4v) is 2.95. The van der Waals surface area contributed by atoms with Gasteiger partial charge in [0.1, 0.15) is 5.82 Å². The molecule has 2 heterocycles. The molecule has 3 rings (SSSR count). The van der Waals surface area contributed by atoms with Gasteiger partial charge in [0.2, 0.25) is 0 Å². The van der Waals surface area contributed by atoms with Crippen LogP contribution in [0.5, 0.6) is 0 Å². The summed E-state index contributed by atoms with van der Waals surface area (Å²) in [6.07, 6.45) is 0. The molecule has 1 aromatic heterocycles. The second kappa shape index (κ2) is 4.20. The molecule has 0 amide bonds. The van der Waals surface area contributed by atoms with Gasteiger partial charge in [0.25, 0.3) is 0 Å². The highest BCUT2D eigenvalue weighted by atomic mass is 35.5. The Morgan fingerprint density at radius 2 is 2.12 bits per heavy atom. The standard InChI is InChI=1S/C11H12ClN3S/c12-8-1-2-10-9(7-8)11(14-16-10)15-5-3-13-4-6-15/h1-2,7,13H,3-6H2. The third-order valence-electron chi connectivity index (χ3n) is 2.83. The highest BCUT2D eigenvalue weighted by Crippen LogP contribution is 2.31. The molecule has 0 aliphatic carbocycles. The minimum absolute atomic E-state index is 0.782. The van der Waals surface area contributed by atoms with Crippen molar-refractivity contribution in [2.24, 2.45) is 0 Å². The lowest BCUT2D eigenvalue weighted by Gasteiger charge is -2.27. The summed E-state index contributed by atoms with van der Waals surface area (Å²) in [5, 5.41) is 5.31. The molecule has 0 saturated carbocycles. The molecule has 0 bridgehead atoms. The Balaban J connectivity index is 2.05. The fraction of sp³-hybridized carbons (Fsp3) is 0.364. The molecular weight excluding hydrogens is 242 g/mol. The molecule has 1 aromatic carbocycles. The molecule has 1 aliphatic heterocycles. The molecule has 1 fully saturated rings. The molecule has 5 heteroatoms. The van der Waals surface area contributed by atoms with E-state index < -0.39 is 0 Å². The summed E-state index contributed by atoms with van der Waals surface area (Å²) in [4.78, 5) is 2.33. The predicted octanol–water partition coefficient (Wildman–Crippen LogP) is 2.36. The van der Waals surface area contributed by atoms with Crippen LogP contribution in [-0.4, -0.2) is 30.6 Å². The van der Waals surface area contributed by atoms with Crippen LogP contribution >= 0.6 is 23.1 Å². The molecule has 16 heavy (non-hydrogen) atoms. The monoisotopic (exact) mass is 253 g/mol. The topological polar surface area (TPSA) is 28.2 Å². The molecule has 1 N–H and O–H groups in total. The molecule has 1 aliphatic rings. The van der Waals surface area contributed by atoms with Crippen LogP contribution in [0.1, 0.15) is 0 Å². The first-order valence-corrected chi connectivity index (χ1v) is 6.50. The second-order valence-corrected chi connectivity index (χ2v) is 5.13. The second-order valence-electron chi connectivity index (χ2n) is 3.88. The maximum absolute atomic E-state index is 6.03. The zero-order valence-corrected chi connectivity index (χ0v) is 10.3. The average Bonchev–Trinajstić information content (AvgIpc) is 2.73. The maximum atomic E-state index is 6.03. The Bertz CT molecular complexity index is 505. The van der Waals surface area contributed by atoms with Gasteiger partial charge in [0.05, 0.1) is 4.70 Å². The Kier molecular flexibility index (Phi) is 2.71. The molecule has 0 atom stereocenters. The van der Waals surface area contributed by atoms with Crippen molar-refractivity contribution in [2.75, 3.05) is 31.1 Å². The predicted molar refractivity (Wildman–Crippen MR) is 69.7 cm³/mol. The average molecular weight is 254 g/mol. The van der Waals surface area contributed by atoms with Gasteiger partial charge in [-0.3, -0.25) is 0 Å². The Labute approximate surface area is 103 Å². The zero-order chi connectivity index (χ0) is 11.0. The van der Waals surface area contributed by atoms with E-state index in [-0.39, 0.29) is 0 Å². The minimum Gasteiger partial charge on any atom is -0.353 e. The normalized spacial score (nSPS) is 16.9. The van der Waals surface area contributed by atoms with Crippen LogP contribution in [0.4, 0.5) is 5.82 Å². The first-order valence-electron chi connectivity index (χ1n) is 5.35. The van der Waals surface area contributed by atoms with Crippen LogP contribution in [0.25, 0.3) is 10.1 Å². The van der Waals surface area contributed by atoms with E-state index in [4.69, 9.17) is 11.6 Å². The SMILES string of the molecule is Clc1ccc2snc(N3CCNCC3)c2c1. The van der Waals surface area contributed by atoms with Crippen LogP contribution in [-0.2, 0) is 0 Å². The van der Waals surface area contributed by atoms with Crippen molar-refractivity contribution in [3.63, 3.8) is 0 Å². The van der Waals surface area contributed by atoms with E-state index in [9.17, 15) is 0 Å². The highest BCUT2D eigenvalue weighted by Gasteiger charge is 2.16. The van der Waals surface area contributed by atoms with Crippen molar-refractivity contribution in [1.29, 1.82) is 0 Å². The van der Waals surface area contributed by atoms with Gasteiger partial charge in [-0.25, -0.2) is 0 Å². The number of fused-ring (bicyclic) bond motifs is 1. The van der Waals surface area contributed by atoms with Gasteiger partial charge < -0.3 is 10.2 Å². The van der Waals surface area contributed by atoms with Gasteiger partial charge >= 0.3 is 0 Å². The first-order chi connectivity index (χ1) is 7.84. The van der Waals surface area contributed by atoms with E-state index in [1.54, 1.807) is 11.5 Å². The number of halogens is 1. The van der Waals surface area contributed by atoms with E-state index in [0.717, 1.165) is 37.0 Å². The maximum Gasteiger partial charge on any atom is 0.150 e. The molecule has 0 unspecified atom stereocenters. The van der Waals surface area contributed by atoms with Crippen molar-refractivity contribution in [3.8, 4) is 0 Å². The van der Waals surface area contributed by atoms with Crippen LogP contribution in [0.2, 0.25) is 5.02 Å². The lowest BCUT2D eigenvalue weighted by molar-refractivity contribution is 0.587. The van der Waals surface area contributed by atoms with E-state index in [1.807, 2.05) is 18.2 Å². The van der Waals surface area contributed by atoms with Gasteiger partial charge in [0.15, 0.2) is 0 Å². The molecule has 2 aromatic rings. The van der Waals surface area contributed by atoms with Crippen LogP contribution in [0.15, 0.2) is 18.2 Å². The number of anilines is 1. The lowest BCUT2D eigenvalue weighted by Crippen LogP contribution is -2.43. The summed E-state index contributed by atoms with van der Waals surface area (Å²) in [6.45, 7) is 4.09. The largest absolute Gasteiger partial charge is 0.353 e. The van der Waals surface area contributed by atoms with Gasteiger partial charge in [-0.1, -0.05) is 11.6 Å². The number of nitrogens with zero attached hydrogens (tertiary/aromatic N) is 2. The van der Waals surface area contributed by atoms with Crippen molar-refractivity contribution >= 4 is 39.0 Å². The van der Waals surface area contributed by atoms with Gasteiger partial charge in [-0.15, -0.1) is 0 Å². The number of hydrogen-bond acceptors (Lipinski definition) is 4. The van der Waals surface area contributed by atoms with Gasteiger partial charge in [0, 0.05) is 36.6 Å². The molecule has 84 valence electrons. The third kappa shape index (κ3) is 1.77. The van der Waals surface area contributed by atoms with E-state index in [0.29, 0.717) is 0 Å². The van der Waals surface area contributed by atoms with Crippen LogP contribution < -0.4 is 10.2 Å². The molecule has 3 nitrogen and oxygen atoms in total. The summed E-state index contributed by atoms with van der Waals surface area (Å²) >= 11 is 7.58. The van der Waals surface area contributed by atoms with Crippen molar-refractivity contribution in [1.82, 2.24) is 9.69 Å². The first kappa shape index (κ1) is 10.3. The van der Waals surface area contributed by atoms with Crippen molar-refractivity contribution in [2.45, 2.75) is 0 Å². The molecule has 0 spiro atoms. The lowest BCUT2D eigenvalue weighted by atomic mass is 10.2. The van der Waals surface area contributed by atoms with Crippen molar-refractivity contribution in [3.05, 3.63) is 23.2 Å². The van der Waals surface area contributed by atoms with Crippen LogP contribution in [0, 0.1) is 0 Å². The van der Waals surface area contributed by atoms with E-state index >= 15 is 0 Å². The Morgan fingerprint density at radius 3 is 2.94 bits per heavy atom. The summed E-state index contributed by atoms with van der Waals surface area (Å²) in [7, 11) is 0. The number of nitrogens with one attached hydrogen (secondary N) is 1. The number of rotatable bonds is 1. The zero-order valence-electron chi connectivity index (χ0n) is 8.74. The van der Waals surface area contributed by atoms with Crippen LogP contribution in [0.3, 0.4) is 0 Å². The Hall–Kier alpha value is -0.840. The van der Waals surface area contributed by atoms with Gasteiger partial charge in [-0.2, -0.15) is 4.37 Å². The van der Waals surface area contributed by atoms with Gasteiger partial charge in [-0.05, 0) is 29.7 Å². The smallest absolute Gasteiger partial charge is 0.150 e. The summed E-state index contributed by atoms with van der Waals surface area (Å²) in [6, 6.07) is 5.97. The number of hydrogen-bond donors (Lipinski definition) is 1. The number of piperazine rings is 1. The Morgan fingerprint density at radius 1 is 1.31 bits per heavy atom. The molecule has 1 saturated heterocycles. The van der Waals surface area contributed by atoms with E-state index in [2.05, 4.69) is 14.6 Å². The minimum atomic E-state index is 0.782. The summed E-state index contributed by atoms with van der Waals surface area (Å²) in [5.41, 5.74) is 0. The number of benzene rings is 1. The third-order valence-corrected chi connectivity index (χ3v) is 3.88. The quantitative estimate of drug-likeness (QED) is 0.846. The highest BCUT2D eigenvalue weighted by molar-refractivity contribution is 7.13. The summed E-state index contributed by atoms with van der Waals surface area (Å²) in [5.74, 6) is 1.09. The number of aromatic nitrogens is 1. The van der Waals surface area contributed by atoms with Crippen molar-refractivity contribution < 1.29 is 0 Å². The summed E-state index contributed by atoms with van der Waals surface area (Å²) < 4.78 is 5.75. The fourth-order valence-electron chi connectivity index (χ4n) is 2.00.